The Labute approximate surface area is 256 Å². The highest BCUT2D eigenvalue weighted by atomic mass is 79.9. The number of morpholine rings is 1. The summed E-state index contributed by atoms with van der Waals surface area (Å²) in [5.74, 6) is -6.77. The second-order valence-corrected chi connectivity index (χ2v) is 13.5. The fourth-order valence-corrected chi connectivity index (χ4v) is 8.15. The molecular formula is C29H24Br2N2O7S. The Morgan fingerprint density at radius 3 is 2.51 bits per heavy atom. The maximum Gasteiger partial charge on any atom is 0.316 e. The van der Waals surface area contributed by atoms with E-state index in [-0.39, 0.29) is 10.4 Å². The molecule has 41 heavy (non-hydrogen) atoms. The largest absolute Gasteiger partial charge is 0.424 e. The number of aliphatic hydroxyl groups is 1. The number of nitrogens with zero attached hydrogens (tertiary/aromatic N) is 1. The van der Waals surface area contributed by atoms with Crippen LogP contribution in [0.15, 0.2) is 57.5 Å². The SMILES string of the molecule is Cc1cc2c(s1)C1(O)OC(=O)C3C(C(=O)Nc4ccc(N5CCOCC5)cc4)[C@H](c4ccc(Br)c(Br)c4)OC31C2=O. The zero-order chi connectivity index (χ0) is 28.7. The number of benzene rings is 2. The van der Waals surface area contributed by atoms with E-state index in [9.17, 15) is 19.5 Å². The molecule has 4 heterocycles. The first kappa shape index (κ1) is 27.2. The maximum absolute atomic E-state index is 14.0. The van der Waals surface area contributed by atoms with Crippen LogP contribution >= 0.6 is 43.2 Å². The van der Waals surface area contributed by atoms with Crippen molar-refractivity contribution >= 4 is 72.2 Å². The number of rotatable bonds is 4. The standard InChI is InChI=1S/C29H24Br2N2O7S/c1-14-12-18-24(34)28-22(27(36)40-29(28,37)25(18)41-14)21(23(39-28)15-2-7-19(30)20(31)13-15)26(35)32-16-3-5-17(6-4-16)33-8-10-38-11-9-33/h2-7,12-13,21-23,37H,8-11H2,1H3,(H,32,35)/t21?,22?,23-,28?,29?/m0/s1. The second kappa shape index (κ2) is 9.72. The second-order valence-electron chi connectivity index (χ2n) is 10.6. The van der Waals surface area contributed by atoms with Gasteiger partial charge in [-0.1, -0.05) is 6.07 Å². The lowest BCUT2D eigenvalue weighted by Crippen LogP contribution is -2.53. The summed E-state index contributed by atoms with van der Waals surface area (Å²) in [5.41, 5.74) is 0.280. The number of amides is 1. The highest BCUT2D eigenvalue weighted by Crippen LogP contribution is 2.66. The number of fused-ring (bicyclic) bond motifs is 2. The van der Waals surface area contributed by atoms with Gasteiger partial charge in [-0.15, -0.1) is 11.3 Å². The van der Waals surface area contributed by atoms with Crippen molar-refractivity contribution < 1.29 is 33.7 Å². The fourth-order valence-electron chi connectivity index (χ4n) is 6.42. The van der Waals surface area contributed by atoms with Gasteiger partial charge >= 0.3 is 5.97 Å². The Hall–Kier alpha value is -2.61. The molecule has 4 aliphatic rings. The molecule has 3 aliphatic heterocycles. The van der Waals surface area contributed by atoms with Gasteiger partial charge in [-0.25, -0.2) is 0 Å². The molecule has 0 saturated carbocycles. The first-order chi connectivity index (χ1) is 19.6. The molecule has 9 nitrogen and oxygen atoms in total. The topological polar surface area (TPSA) is 114 Å². The van der Waals surface area contributed by atoms with Crippen LogP contribution in [0.4, 0.5) is 11.4 Å². The summed E-state index contributed by atoms with van der Waals surface area (Å²) in [6.07, 6.45) is -1.02. The average molecular weight is 704 g/mol. The van der Waals surface area contributed by atoms with Gasteiger partial charge in [0.2, 0.25) is 17.3 Å². The Kier molecular flexibility index (Phi) is 6.45. The minimum absolute atomic E-state index is 0.228. The van der Waals surface area contributed by atoms with E-state index in [1.54, 1.807) is 43.3 Å². The first-order valence-corrected chi connectivity index (χ1v) is 15.5. The van der Waals surface area contributed by atoms with Crippen LogP contribution in [-0.4, -0.2) is 54.7 Å². The molecule has 3 aromatic rings. The molecule has 3 saturated heterocycles. The molecule has 1 aromatic heterocycles. The summed E-state index contributed by atoms with van der Waals surface area (Å²) in [4.78, 5) is 44.7. The fraction of sp³-hybridized carbons (Fsp3) is 0.345. The number of ketones is 1. The lowest BCUT2D eigenvalue weighted by Gasteiger charge is -2.31. The van der Waals surface area contributed by atoms with Crippen LogP contribution in [0.25, 0.3) is 0 Å². The summed E-state index contributed by atoms with van der Waals surface area (Å²) in [5, 5.41) is 14.8. The Balaban J connectivity index is 1.27. The molecule has 2 aromatic carbocycles. The minimum Gasteiger partial charge on any atom is -0.424 e. The molecule has 0 bridgehead atoms. The van der Waals surface area contributed by atoms with Gasteiger partial charge in [0.25, 0.3) is 5.79 Å². The Morgan fingerprint density at radius 1 is 1.07 bits per heavy atom. The number of esters is 1. The van der Waals surface area contributed by atoms with Gasteiger partial charge in [-0.05, 0) is 86.8 Å². The van der Waals surface area contributed by atoms with Crippen LogP contribution in [-0.2, 0) is 29.6 Å². The number of aryl methyl sites for hydroxylation is 1. The molecule has 1 spiro atoms. The summed E-state index contributed by atoms with van der Waals surface area (Å²) in [7, 11) is 0. The third kappa shape index (κ3) is 3.91. The summed E-state index contributed by atoms with van der Waals surface area (Å²) in [6.45, 7) is 4.68. The number of anilines is 2. The van der Waals surface area contributed by atoms with Gasteiger partial charge in [0, 0.05) is 43.9 Å². The van der Waals surface area contributed by atoms with Gasteiger partial charge in [-0.3, -0.25) is 14.4 Å². The van der Waals surface area contributed by atoms with Gasteiger partial charge < -0.3 is 29.5 Å². The number of hydrogen-bond acceptors (Lipinski definition) is 9. The third-order valence-corrected chi connectivity index (χ3v) is 11.3. The number of carbonyl (C=O) groups is 3. The molecule has 4 unspecified atom stereocenters. The quantitative estimate of drug-likeness (QED) is 0.376. The van der Waals surface area contributed by atoms with Crippen molar-refractivity contribution in [2.45, 2.75) is 24.4 Å². The smallest absolute Gasteiger partial charge is 0.316 e. The minimum atomic E-state index is -2.32. The molecule has 5 atom stereocenters. The van der Waals surface area contributed by atoms with E-state index in [1.165, 1.54) is 11.3 Å². The molecule has 0 radical (unpaired) electrons. The van der Waals surface area contributed by atoms with Crippen molar-refractivity contribution in [1.82, 2.24) is 0 Å². The predicted molar refractivity (Wildman–Crippen MR) is 157 cm³/mol. The first-order valence-electron chi connectivity index (χ1n) is 13.1. The van der Waals surface area contributed by atoms with Crippen LogP contribution < -0.4 is 10.2 Å². The highest BCUT2D eigenvalue weighted by molar-refractivity contribution is 9.13. The van der Waals surface area contributed by atoms with Crippen molar-refractivity contribution in [3.63, 3.8) is 0 Å². The van der Waals surface area contributed by atoms with Gasteiger partial charge in [0.15, 0.2) is 0 Å². The Morgan fingerprint density at radius 2 is 1.80 bits per heavy atom. The zero-order valence-corrected chi connectivity index (χ0v) is 25.7. The van der Waals surface area contributed by atoms with E-state index in [4.69, 9.17) is 14.2 Å². The number of thiophene rings is 1. The van der Waals surface area contributed by atoms with E-state index in [0.29, 0.717) is 28.9 Å². The number of halogens is 2. The van der Waals surface area contributed by atoms with E-state index in [1.807, 2.05) is 12.1 Å². The number of hydrogen-bond donors (Lipinski definition) is 2. The molecule has 212 valence electrons. The monoisotopic (exact) mass is 702 g/mol. The van der Waals surface area contributed by atoms with Crippen LogP contribution in [0.2, 0.25) is 0 Å². The van der Waals surface area contributed by atoms with Crippen molar-refractivity contribution in [1.29, 1.82) is 0 Å². The average Bonchev–Trinajstić information content (AvgIpc) is 3.64. The normalized spacial score (nSPS) is 30.1. The summed E-state index contributed by atoms with van der Waals surface area (Å²) in [6, 6.07) is 14.4. The van der Waals surface area contributed by atoms with E-state index < -0.39 is 47.0 Å². The van der Waals surface area contributed by atoms with Gasteiger partial charge in [0.1, 0.15) is 5.92 Å². The molecule has 1 amide bonds. The lowest BCUT2D eigenvalue weighted by molar-refractivity contribution is -0.251. The van der Waals surface area contributed by atoms with E-state index >= 15 is 0 Å². The predicted octanol–water partition coefficient (Wildman–Crippen LogP) is 4.70. The number of ether oxygens (including phenoxy) is 3. The number of nitrogens with one attached hydrogen (secondary N) is 1. The van der Waals surface area contributed by atoms with Crippen LogP contribution in [0, 0.1) is 18.8 Å². The van der Waals surface area contributed by atoms with Crippen molar-refractivity contribution in [2.75, 3.05) is 36.5 Å². The van der Waals surface area contributed by atoms with Crippen molar-refractivity contribution in [3.8, 4) is 0 Å². The maximum atomic E-state index is 14.0. The van der Waals surface area contributed by atoms with E-state index in [0.717, 1.165) is 28.1 Å². The van der Waals surface area contributed by atoms with Crippen LogP contribution in [0.3, 0.4) is 0 Å². The Bertz CT molecular complexity index is 1600. The molecule has 3 fully saturated rings. The van der Waals surface area contributed by atoms with Gasteiger partial charge in [0.05, 0.1) is 30.1 Å². The van der Waals surface area contributed by atoms with Crippen LogP contribution in [0.1, 0.15) is 31.8 Å². The number of Topliss-reactive ketones (excluding diaryl/α,β-unsaturated/α-hetero) is 1. The third-order valence-electron chi connectivity index (χ3n) is 8.27. The molecule has 1 aliphatic carbocycles. The van der Waals surface area contributed by atoms with Crippen LogP contribution in [0.5, 0.6) is 0 Å². The summed E-state index contributed by atoms with van der Waals surface area (Å²) >= 11 is 8.13. The molecule has 7 rings (SSSR count). The van der Waals surface area contributed by atoms with Gasteiger partial charge in [-0.2, -0.15) is 0 Å². The number of carbonyl (C=O) groups excluding carboxylic acids is 3. The molecule has 12 heteroatoms. The molecule has 2 N–H and O–H groups in total. The van der Waals surface area contributed by atoms with Crippen molar-refractivity contribution in [2.24, 2.45) is 11.8 Å². The van der Waals surface area contributed by atoms with E-state index in [2.05, 4.69) is 42.1 Å². The van der Waals surface area contributed by atoms with Crippen molar-refractivity contribution in [3.05, 3.63) is 78.4 Å². The lowest BCUT2D eigenvalue weighted by atomic mass is 9.75. The summed E-state index contributed by atoms with van der Waals surface area (Å²) < 4.78 is 18.9. The molecular weight excluding hydrogens is 680 g/mol. The zero-order valence-electron chi connectivity index (χ0n) is 21.7. The highest BCUT2D eigenvalue weighted by Gasteiger charge is 2.83.